The van der Waals surface area contributed by atoms with Gasteiger partial charge in [0.1, 0.15) is 24.4 Å². The largest absolute Gasteiger partial charge is 0.504 e. The number of benzene rings is 1. The minimum Gasteiger partial charge on any atom is -0.504 e. The number of fused-ring (bicyclic) bond motifs is 1. The second kappa shape index (κ2) is 12.7. The Kier molecular flexibility index (Phi) is 9.51. The van der Waals surface area contributed by atoms with Gasteiger partial charge in [-0.1, -0.05) is 6.07 Å². The minimum absolute atomic E-state index is 0.140. The number of esters is 2. The lowest BCUT2D eigenvalue weighted by Gasteiger charge is -2.43. The zero-order chi connectivity index (χ0) is 30.0. The third-order valence-electron chi connectivity index (χ3n) is 7.44. The van der Waals surface area contributed by atoms with Crippen LogP contribution >= 0.6 is 0 Å². The molecule has 15 heteroatoms. The molecule has 1 saturated heterocycles. The Morgan fingerprint density at radius 3 is 2.34 bits per heavy atom. The predicted octanol–water partition coefficient (Wildman–Crippen LogP) is -2.53. The average molecular weight is 585 g/mol. The molecule has 0 aromatic heterocycles. The maximum absolute atomic E-state index is 12.4. The molecule has 41 heavy (non-hydrogen) atoms. The van der Waals surface area contributed by atoms with Crippen LogP contribution in [0.1, 0.15) is 5.56 Å². The molecule has 0 bridgehead atoms. The Hall–Kier alpha value is -3.28. The van der Waals surface area contributed by atoms with Crippen LogP contribution in [0, 0.1) is 17.8 Å². The van der Waals surface area contributed by atoms with E-state index < -0.39 is 97.9 Å². The van der Waals surface area contributed by atoms with Crippen LogP contribution in [0.2, 0.25) is 0 Å². The number of phenols is 2. The van der Waals surface area contributed by atoms with E-state index in [1.165, 1.54) is 24.3 Å². The SMILES string of the molecule is COC(=O)C1=CO[C@@H](O[C@@H]2O[C@@H](CO)[C@@H](O)[C@@H](O)[C@H]2O)[C@H]2[C@@H](COC(=O)C=Cc3ccc(O)c(O)c3)[C@@H](O)[C@@H](O)[C@H]12. The molecular formula is C26H32O15. The number of aliphatic hydroxyl groups is 6. The fraction of sp³-hybridized carbons (Fsp3) is 0.538. The van der Waals surface area contributed by atoms with Crippen molar-refractivity contribution < 1.29 is 74.1 Å². The van der Waals surface area contributed by atoms with Crippen LogP contribution in [0.25, 0.3) is 6.08 Å². The number of aliphatic hydroxyl groups excluding tert-OH is 6. The Morgan fingerprint density at radius 1 is 0.951 bits per heavy atom. The molecule has 1 aromatic rings. The summed E-state index contributed by atoms with van der Waals surface area (Å²) in [5.41, 5.74) is 0.230. The lowest BCUT2D eigenvalue weighted by Crippen LogP contribution is -2.60. The summed E-state index contributed by atoms with van der Waals surface area (Å²) in [5.74, 6) is -5.79. The smallest absolute Gasteiger partial charge is 0.337 e. The predicted molar refractivity (Wildman–Crippen MR) is 132 cm³/mol. The van der Waals surface area contributed by atoms with Crippen LogP contribution in [-0.2, 0) is 33.3 Å². The second-order valence-corrected chi connectivity index (χ2v) is 9.86. The molecule has 2 fully saturated rings. The summed E-state index contributed by atoms with van der Waals surface area (Å²) in [6, 6.07) is 3.87. The fourth-order valence-electron chi connectivity index (χ4n) is 5.24. The molecule has 11 atom stereocenters. The third kappa shape index (κ3) is 6.17. The summed E-state index contributed by atoms with van der Waals surface area (Å²) in [4.78, 5) is 24.9. The van der Waals surface area contributed by atoms with Crippen molar-refractivity contribution in [3.63, 3.8) is 0 Å². The van der Waals surface area contributed by atoms with Gasteiger partial charge in [-0.15, -0.1) is 0 Å². The van der Waals surface area contributed by atoms with Gasteiger partial charge in [-0.3, -0.25) is 0 Å². The summed E-state index contributed by atoms with van der Waals surface area (Å²) in [5, 5.41) is 80.8. The highest BCUT2D eigenvalue weighted by molar-refractivity contribution is 5.89. The van der Waals surface area contributed by atoms with Crippen molar-refractivity contribution in [2.75, 3.05) is 20.3 Å². The first-order valence-electron chi connectivity index (χ1n) is 12.6. The summed E-state index contributed by atoms with van der Waals surface area (Å²) < 4.78 is 26.7. The van der Waals surface area contributed by atoms with Crippen molar-refractivity contribution in [2.45, 2.75) is 49.2 Å². The maximum Gasteiger partial charge on any atom is 0.337 e. The van der Waals surface area contributed by atoms with E-state index in [1.54, 1.807) is 0 Å². The van der Waals surface area contributed by atoms with Crippen molar-refractivity contribution in [1.82, 2.24) is 0 Å². The lowest BCUT2D eigenvalue weighted by molar-refractivity contribution is -0.343. The first-order chi connectivity index (χ1) is 19.5. The van der Waals surface area contributed by atoms with Crippen molar-refractivity contribution in [3.05, 3.63) is 41.7 Å². The van der Waals surface area contributed by atoms with Gasteiger partial charge >= 0.3 is 11.9 Å². The third-order valence-corrected chi connectivity index (χ3v) is 7.44. The van der Waals surface area contributed by atoms with E-state index >= 15 is 0 Å². The molecule has 0 radical (unpaired) electrons. The number of carbonyl (C=O) groups excluding carboxylic acids is 2. The van der Waals surface area contributed by atoms with Crippen LogP contribution < -0.4 is 0 Å². The Morgan fingerprint density at radius 2 is 1.68 bits per heavy atom. The van der Waals surface area contributed by atoms with E-state index in [-0.39, 0.29) is 11.3 Å². The molecule has 8 N–H and O–H groups in total. The summed E-state index contributed by atoms with van der Waals surface area (Å²) >= 11 is 0. The Balaban J connectivity index is 1.54. The van der Waals surface area contributed by atoms with E-state index in [4.69, 9.17) is 23.7 Å². The number of phenolic OH excluding ortho intramolecular Hbond substituents is 2. The first kappa shape index (κ1) is 30.7. The van der Waals surface area contributed by atoms with Crippen molar-refractivity contribution in [2.24, 2.45) is 17.8 Å². The molecule has 2 heterocycles. The molecule has 4 rings (SSSR count). The molecule has 3 aliphatic rings. The molecule has 226 valence electrons. The highest BCUT2D eigenvalue weighted by atomic mass is 16.8. The quantitative estimate of drug-likeness (QED) is 0.0892. The lowest BCUT2D eigenvalue weighted by atomic mass is 9.82. The Labute approximate surface area is 233 Å². The Bertz CT molecular complexity index is 1170. The van der Waals surface area contributed by atoms with Crippen LogP contribution in [0.5, 0.6) is 11.5 Å². The zero-order valence-electron chi connectivity index (χ0n) is 21.7. The number of aromatic hydroxyl groups is 2. The topological polar surface area (TPSA) is 242 Å². The number of methoxy groups -OCH3 is 1. The van der Waals surface area contributed by atoms with Crippen molar-refractivity contribution in [3.8, 4) is 11.5 Å². The number of carbonyl (C=O) groups is 2. The van der Waals surface area contributed by atoms with Gasteiger partial charge in [-0.2, -0.15) is 0 Å². The zero-order valence-corrected chi connectivity index (χ0v) is 21.7. The monoisotopic (exact) mass is 584 g/mol. The second-order valence-electron chi connectivity index (χ2n) is 9.86. The molecular weight excluding hydrogens is 552 g/mol. The summed E-state index contributed by atoms with van der Waals surface area (Å²) in [7, 11) is 1.10. The molecule has 2 aliphatic heterocycles. The van der Waals surface area contributed by atoms with E-state index in [9.17, 15) is 50.4 Å². The van der Waals surface area contributed by atoms with E-state index in [0.717, 1.165) is 19.4 Å². The van der Waals surface area contributed by atoms with E-state index in [0.29, 0.717) is 5.56 Å². The van der Waals surface area contributed by atoms with Crippen molar-refractivity contribution in [1.29, 1.82) is 0 Å². The molecule has 1 aliphatic carbocycles. The van der Waals surface area contributed by atoms with Crippen molar-refractivity contribution >= 4 is 18.0 Å². The maximum atomic E-state index is 12.4. The van der Waals surface area contributed by atoms with E-state index in [2.05, 4.69) is 0 Å². The van der Waals surface area contributed by atoms with Crippen LogP contribution in [-0.4, -0.2) is 122 Å². The average Bonchev–Trinajstić information content (AvgIpc) is 3.22. The summed E-state index contributed by atoms with van der Waals surface area (Å²) in [6.45, 7) is -1.21. The minimum atomic E-state index is -1.79. The first-order valence-corrected chi connectivity index (χ1v) is 12.6. The van der Waals surface area contributed by atoms with Gasteiger partial charge in [-0.25, -0.2) is 9.59 Å². The van der Waals surface area contributed by atoms with Gasteiger partial charge < -0.3 is 64.5 Å². The van der Waals surface area contributed by atoms with Gasteiger partial charge in [0.05, 0.1) is 44.4 Å². The molecule has 15 nitrogen and oxygen atoms in total. The highest BCUT2D eigenvalue weighted by Crippen LogP contribution is 2.48. The van der Waals surface area contributed by atoms with Gasteiger partial charge in [0, 0.05) is 23.8 Å². The fourth-order valence-corrected chi connectivity index (χ4v) is 5.24. The number of ether oxygens (including phenoxy) is 5. The number of rotatable bonds is 8. The molecule has 1 aromatic carbocycles. The number of hydrogen-bond donors (Lipinski definition) is 8. The van der Waals surface area contributed by atoms with Gasteiger partial charge in [-0.05, 0) is 23.8 Å². The normalized spacial score (nSPS) is 36.8. The van der Waals surface area contributed by atoms with Crippen LogP contribution in [0.15, 0.2) is 36.1 Å². The highest BCUT2D eigenvalue weighted by Gasteiger charge is 2.59. The molecule has 0 spiro atoms. The standard InChI is InChI=1S/C26H32O15/c1-37-24(36)12-9-39-25(41-26-23(35)22(34)20(32)15(7-27)40-26)18-11(19(31)21(33)17(12)18)8-38-16(30)5-3-10-2-4-13(28)14(29)6-10/h2-6,9,11,15,17-23,25-29,31-35H,7-8H2,1H3/t11-,15+,17-,18+,19-,20-,21+,22-,23-,25+,26+/m1/s1. The van der Waals surface area contributed by atoms with E-state index in [1.807, 2.05) is 0 Å². The van der Waals surface area contributed by atoms with Crippen LogP contribution in [0.4, 0.5) is 0 Å². The van der Waals surface area contributed by atoms with Gasteiger partial charge in [0.2, 0.25) is 6.29 Å². The molecule has 0 amide bonds. The van der Waals surface area contributed by atoms with Gasteiger partial charge in [0.25, 0.3) is 0 Å². The molecule has 1 saturated carbocycles. The summed E-state index contributed by atoms with van der Waals surface area (Å²) in [6.07, 6.45) is -9.41. The van der Waals surface area contributed by atoms with Gasteiger partial charge in [0.15, 0.2) is 17.8 Å². The number of hydrogen-bond acceptors (Lipinski definition) is 15. The molecule has 0 unspecified atom stereocenters. The van der Waals surface area contributed by atoms with Crippen LogP contribution in [0.3, 0.4) is 0 Å².